The van der Waals surface area contributed by atoms with Crippen LogP contribution < -0.4 is 9.47 Å². The Morgan fingerprint density at radius 3 is 2.56 bits per heavy atom. The second kappa shape index (κ2) is 10.9. The molecule has 0 saturated carbocycles. The van der Waals surface area contributed by atoms with E-state index >= 15 is 0 Å². The predicted octanol–water partition coefficient (Wildman–Crippen LogP) is 4.10. The molecule has 36 heavy (non-hydrogen) atoms. The van der Waals surface area contributed by atoms with Crippen molar-refractivity contribution in [1.82, 2.24) is 9.88 Å². The number of hydrogen-bond acceptors (Lipinski definition) is 7. The van der Waals surface area contributed by atoms with Crippen LogP contribution in [0.2, 0.25) is 0 Å². The predicted molar refractivity (Wildman–Crippen MR) is 132 cm³/mol. The quantitative estimate of drug-likeness (QED) is 0.443. The monoisotopic (exact) mass is 485 g/mol. The zero-order valence-corrected chi connectivity index (χ0v) is 20.3. The second-order valence-corrected chi connectivity index (χ2v) is 8.53. The van der Waals surface area contributed by atoms with Gasteiger partial charge in [-0.3, -0.25) is 14.6 Å². The molecular formula is C28H27N3O5. The van der Waals surface area contributed by atoms with E-state index in [4.69, 9.17) is 19.5 Å². The number of aromatic nitrogens is 1. The molecule has 1 unspecified atom stereocenters. The van der Waals surface area contributed by atoms with Crippen LogP contribution in [-0.4, -0.2) is 55.2 Å². The number of rotatable bonds is 8. The minimum atomic E-state index is -0.987. The lowest BCUT2D eigenvalue weighted by Crippen LogP contribution is -2.42. The highest BCUT2D eigenvalue weighted by Gasteiger charge is 2.48. The minimum Gasteiger partial charge on any atom is -0.496 e. The number of pyridine rings is 1. The standard InChI is InChI=1S/C28H27N3O5/c1-3-35-27(33)28(14-15-31(18-28)26(32)23-6-4-5-7-25(23)34-2)19-36-22-12-13-24(30-17-22)21-10-8-20(16-29)9-11-21/h4-13,17H,3,14-15,18-19H2,1-2H3. The molecule has 184 valence electrons. The van der Waals surface area contributed by atoms with Gasteiger partial charge in [-0.15, -0.1) is 0 Å². The Kier molecular flexibility index (Phi) is 7.50. The number of nitriles is 1. The van der Waals surface area contributed by atoms with Crippen LogP contribution in [0.5, 0.6) is 11.5 Å². The van der Waals surface area contributed by atoms with Gasteiger partial charge >= 0.3 is 5.97 Å². The summed E-state index contributed by atoms with van der Waals surface area (Å²) >= 11 is 0. The summed E-state index contributed by atoms with van der Waals surface area (Å²) in [5.41, 5.74) is 1.66. The molecule has 8 nitrogen and oxygen atoms in total. The normalized spacial score (nSPS) is 16.8. The topological polar surface area (TPSA) is 102 Å². The van der Waals surface area contributed by atoms with Crippen LogP contribution in [0.4, 0.5) is 0 Å². The average Bonchev–Trinajstić information content (AvgIpc) is 3.38. The smallest absolute Gasteiger partial charge is 0.317 e. The highest BCUT2D eigenvalue weighted by atomic mass is 16.5. The Morgan fingerprint density at radius 2 is 1.89 bits per heavy atom. The minimum absolute atomic E-state index is 0.0550. The van der Waals surface area contributed by atoms with Crippen molar-refractivity contribution in [3.8, 4) is 28.8 Å². The molecule has 0 aliphatic carbocycles. The number of para-hydroxylation sites is 1. The second-order valence-electron chi connectivity index (χ2n) is 8.53. The zero-order valence-electron chi connectivity index (χ0n) is 20.3. The number of amides is 1. The number of benzene rings is 2. The summed E-state index contributed by atoms with van der Waals surface area (Å²) in [6, 6.07) is 19.9. The maximum Gasteiger partial charge on any atom is 0.317 e. The molecule has 4 rings (SSSR count). The lowest BCUT2D eigenvalue weighted by molar-refractivity contribution is -0.156. The van der Waals surface area contributed by atoms with Gasteiger partial charge in [0.25, 0.3) is 5.91 Å². The van der Waals surface area contributed by atoms with Crippen molar-refractivity contribution in [3.63, 3.8) is 0 Å². The molecule has 1 atom stereocenters. The first kappa shape index (κ1) is 24.7. The van der Waals surface area contributed by atoms with Crippen molar-refractivity contribution in [2.75, 3.05) is 33.4 Å². The molecule has 0 bridgehead atoms. The van der Waals surface area contributed by atoms with Crippen LogP contribution in [0, 0.1) is 16.7 Å². The molecule has 1 fully saturated rings. The fraction of sp³-hybridized carbons (Fsp3) is 0.286. The van der Waals surface area contributed by atoms with Gasteiger partial charge in [-0.2, -0.15) is 5.26 Å². The number of methoxy groups -OCH3 is 1. The van der Waals surface area contributed by atoms with Crippen molar-refractivity contribution in [1.29, 1.82) is 5.26 Å². The molecule has 1 aliphatic rings. The first-order valence-corrected chi connectivity index (χ1v) is 11.7. The average molecular weight is 486 g/mol. The van der Waals surface area contributed by atoms with E-state index in [1.807, 2.05) is 18.2 Å². The van der Waals surface area contributed by atoms with E-state index in [1.54, 1.807) is 60.5 Å². The molecule has 3 aromatic rings. The van der Waals surface area contributed by atoms with E-state index in [0.29, 0.717) is 35.6 Å². The number of likely N-dealkylation sites (tertiary alicyclic amines) is 1. The maximum atomic E-state index is 13.2. The molecule has 1 aliphatic heterocycles. The fourth-order valence-electron chi connectivity index (χ4n) is 4.24. The van der Waals surface area contributed by atoms with E-state index in [2.05, 4.69) is 11.1 Å². The van der Waals surface area contributed by atoms with Gasteiger partial charge in [-0.05, 0) is 49.7 Å². The van der Waals surface area contributed by atoms with Gasteiger partial charge in [-0.1, -0.05) is 24.3 Å². The van der Waals surface area contributed by atoms with Gasteiger partial charge in [0.1, 0.15) is 23.5 Å². The summed E-state index contributed by atoms with van der Waals surface area (Å²) in [6.07, 6.45) is 2.02. The molecule has 2 aromatic carbocycles. The van der Waals surface area contributed by atoms with Crippen LogP contribution in [0.25, 0.3) is 11.3 Å². The highest BCUT2D eigenvalue weighted by Crippen LogP contribution is 2.35. The van der Waals surface area contributed by atoms with Crippen LogP contribution in [0.1, 0.15) is 29.3 Å². The molecule has 1 aromatic heterocycles. The third-order valence-corrected chi connectivity index (χ3v) is 6.25. The Morgan fingerprint density at radius 1 is 1.11 bits per heavy atom. The molecular weight excluding hydrogens is 458 g/mol. The number of nitrogens with zero attached hydrogens (tertiary/aromatic N) is 3. The van der Waals surface area contributed by atoms with Crippen molar-refractivity contribution in [2.24, 2.45) is 5.41 Å². The highest BCUT2D eigenvalue weighted by molar-refractivity contribution is 5.97. The summed E-state index contributed by atoms with van der Waals surface area (Å²) in [5.74, 6) is 0.404. The van der Waals surface area contributed by atoms with E-state index in [-0.39, 0.29) is 31.6 Å². The maximum absolute atomic E-state index is 13.2. The van der Waals surface area contributed by atoms with Gasteiger partial charge in [-0.25, -0.2) is 0 Å². The van der Waals surface area contributed by atoms with Crippen molar-refractivity contribution >= 4 is 11.9 Å². The van der Waals surface area contributed by atoms with Crippen LogP contribution in [0.3, 0.4) is 0 Å². The zero-order chi connectivity index (χ0) is 25.5. The van der Waals surface area contributed by atoms with Gasteiger partial charge < -0.3 is 19.1 Å². The van der Waals surface area contributed by atoms with Crippen LogP contribution in [-0.2, 0) is 9.53 Å². The lowest BCUT2D eigenvalue weighted by Gasteiger charge is -2.27. The SMILES string of the molecule is CCOC(=O)C1(COc2ccc(-c3ccc(C#N)cc3)nc2)CCN(C(=O)c2ccccc2OC)C1. The number of carbonyl (C=O) groups is 2. The molecule has 0 N–H and O–H groups in total. The van der Waals surface area contributed by atoms with E-state index in [0.717, 1.165) is 11.3 Å². The molecule has 0 radical (unpaired) electrons. The van der Waals surface area contributed by atoms with Gasteiger partial charge in [0.2, 0.25) is 0 Å². The van der Waals surface area contributed by atoms with Gasteiger partial charge in [0, 0.05) is 18.7 Å². The van der Waals surface area contributed by atoms with Crippen molar-refractivity contribution in [3.05, 3.63) is 78.0 Å². The third kappa shape index (κ3) is 5.15. The van der Waals surface area contributed by atoms with Gasteiger partial charge in [0.15, 0.2) is 0 Å². The van der Waals surface area contributed by atoms with E-state index in [9.17, 15) is 9.59 Å². The lowest BCUT2D eigenvalue weighted by atomic mass is 9.88. The Labute approximate surface area is 210 Å². The Bertz CT molecular complexity index is 1270. The summed E-state index contributed by atoms with van der Waals surface area (Å²) in [4.78, 5) is 32.3. The van der Waals surface area contributed by atoms with E-state index < -0.39 is 5.41 Å². The Balaban J connectivity index is 1.48. The summed E-state index contributed by atoms with van der Waals surface area (Å²) in [6.45, 7) is 2.63. The fourth-order valence-corrected chi connectivity index (χ4v) is 4.24. The van der Waals surface area contributed by atoms with Crippen LogP contribution in [0.15, 0.2) is 66.9 Å². The van der Waals surface area contributed by atoms with Crippen molar-refractivity contribution < 1.29 is 23.8 Å². The first-order valence-electron chi connectivity index (χ1n) is 11.7. The summed E-state index contributed by atoms with van der Waals surface area (Å²) < 4.78 is 16.7. The molecule has 8 heteroatoms. The molecule has 0 spiro atoms. The van der Waals surface area contributed by atoms with Crippen LogP contribution >= 0.6 is 0 Å². The Hall–Kier alpha value is -4.38. The number of hydrogen-bond donors (Lipinski definition) is 0. The molecule has 2 heterocycles. The van der Waals surface area contributed by atoms with E-state index in [1.165, 1.54) is 7.11 Å². The first-order chi connectivity index (χ1) is 17.5. The summed E-state index contributed by atoms with van der Waals surface area (Å²) in [5, 5.41) is 8.96. The molecule has 1 saturated heterocycles. The number of carbonyl (C=O) groups excluding carboxylic acids is 2. The third-order valence-electron chi connectivity index (χ3n) is 6.25. The molecule has 1 amide bonds. The summed E-state index contributed by atoms with van der Waals surface area (Å²) in [7, 11) is 1.52. The number of esters is 1. The largest absolute Gasteiger partial charge is 0.496 e. The van der Waals surface area contributed by atoms with Gasteiger partial charge in [0.05, 0.1) is 42.8 Å². The number of ether oxygens (including phenoxy) is 3. The van der Waals surface area contributed by atoms with Crippen molar-refractivity contribution in [2.45, 2.75) is 13.3 Å².